The zero-order valence-electron chi connectivity index (χ0n) is 11.4. The Balaban J connectivity index is 2.32. The first kappa shape index (κ1) is 14.1. The SMILES string of the molecule is CCN(CC)Cc1nnnn1-c1cccc([N+](=O)[O-])c1. The molecule has 20 heavy (non-hydrogen) atoms. The molecule has 1 heterocycles. The van der Waals surface area contributed by atoms with Crippen LogP contribution >= 0.6 is 0 Å². The van der Waals surface area contributed by atoms with Crippen LogP contribution in [-0.4, -0.2) is 43.1 Å². The molecule has 8 heteroatoms. The minimum atomic E-state index is -0.433. The fourth-order valence-corrected chi connectivity index (χ4v) is 1.89. The van der Waals surface area contributed by atoms with Gasteiger partial charge in [0.2, 0.25) is 0 Å². The Morgan fingerprint density at radius 2 is 2.10 bits per heavy atom. The Morgan fingerprint density at radius 3 is 2.75 bits per heavy atom. The van der Waals surface area contributed by atoms with E-state index in [0.29, 0.717) is 18.1 Å². The maximum Gasteiger partial charge on any atom is 0.271 e. The van der Waals surface area contributed by atoms with E-state index in [2.05, 4.69) is 34.3 Å². The van der Waals surface area contributed by atoms with Crippen molar-refractivity contribution in [1.82, 2.24) is 25.1 Å². The molecule has 0 bridgehead atoms. The van der Waals surface area contributed by atoms with Crippen molar-refractivity contribution in [2.45, 2.75) is 20.4 Å². The van der Waals surface area contributed by atoms with E-state index in [1.807, 2.05) is 0 Å². The molecule has 0 N–H and O–H groups in total. The molecule has 1 aromatic heterocycles. The highest BCUT2D eigenvalue weighted by Crippen LogP contribution is 2.17. The van der Waals surface area contributed by atoms with E-state index in [1.54, 1.807) is 12.1 Å². The van der Waals surface area contributed by atoms with E-state index >= 15 is 0 Å². The summed E-state index contributed by atoms with van der Waals surface area (Å²) in [5, 5.41) is 22.4. The third-order valence-corrected chi connectivity index (χ3v) is 3.08. The summed E-state index contributed by atoms with van der Waals surface area (Å²) in [7, 11) is 0. The van der Waals surface area contributed by atoms with Crippen molar-refractivity contribution in [3.05, 3.63) is 40.2 Å². The standard InChI is InChI=1S/C12H16N6O2/c1-3-16(4-2)9-12-13-14-15-17(12)10-6-5-7-11(8-10)18(19)20/h5-8H,3-4,9H2,1-2H3. The molecule has 0 aliphatic heterocycles. The van der Waals surface area contributed by atoms with Crippen LogP contribution in [0.3, 0.4) is 0 Å². The molecule has 106 valence electrons. The minimum Gasteiger partial charge on any atom is -0.296 e. The topological polar surface area (TPSA) is 90.0 Å². The van der Waals surface area contributed by atoms with Gasteiger partial charge in [-0.15, -0.1) is 5.10 Å². The molecule has 0 saturated heterocycles. The molecule has 2 rings (SSSR count). The lowest BCUT2D eigenvalue weighted by molar-refractivity contribution is -0.384. The van der Waals surface area contributed by atoms with Crippen LogP contribution in [0.1, 0.15) is 19.7 Å². The summed E-state index contributed by atoms with van der Waals surface area (Å²) < 4.78 is 1.53. The van der Waals surface area contributed by atoms with Crippen LogP contribution < -0.4 is 0 Å². The largest absolute Gasteiger partial charge is 0.296 e. The molecular weight excluding hydrogens is 260 g/mol. The van der Waals surface area contributed by atoms with Crippen molar-refractivity contribution >= 4 is 5.69 Å². The lowest BCUT2D eigenvalue weighted by atomic mass is 10.3. The quantitative estimate of drug-likeness (QED) is 0.585. The highest BCUT2D eigenvalue weighted by Gasteiger charge is 2.13. The number of nitro groups is 1. The van der Waals surface area contributed by atoms with Crippen LogP contribution in [-0.2, 0) is 6.54 Å². The van der Waals surface area contributed by atoms with E-state index in [1.165, 1.54) is 16.8 Å². The minimum absolute atomic E-state index is 0.0202. The number of benzene rings is 1. The van der Waals surface area contributed by atoms with Crippen LogP contribution in [0.4, 0.5) is 5.69 Å². The van der Waals surface area contributed by atoms with Gasteiger partial charge in [-0.25, -0.2) is 0 Å². The predicted molar refractivity (Wildman–Crippen MR) is 72.4 cm³/mol. The third kappa shape index (κ3) is 2.97. The van der Waals surface area contributed by atoms with Crippen LogP contribution in [0.25, 0.3) is 5.69 Å². The Kier molecular flexibility index (Phi) is 4.36. The van der Waals surface area contributed by atoms with E-state index in [0.717, 1.165) is 13.1 Å². The van der Waals surface area contributed by atoms with Gasteiger partial charge in [-0.05, 0) is 29.6 Å². The van der Waals surface area contributed by atoms with Crippen molar-refractivity contribution in [3.63, 3.8) is 0 Å². The van der Waals surface area contributed by atoms with Gasteiger partial charge >= 0.3 is 0 Å². The summed E-state index contributed by atoms with van der Waals surface area (Å²) in [6, 6.07) is 6.27. The smallest absolute Gasteiger partial charge is 0.271 e. The number of hydrogen-bond acceptors (Lipinski definition) is 6. The summed E-state index contributed by atoms with van der Waals surface area (Å²) in [5.74, 6) is 0.661. The van der Waals surface area contributed by atoms with Crippen molar-refractivity contribution < 1.29 is 4.92 Å². The van der Waals surface area contributed by atoms with E-state index in [-0.39, 0.29) is 5.69 Å². The number of non-ortho nitro benzene ring substituents is 1. The molecule has 0 atom stereocenters. The average Bonchev–Trinajstić information content (AvgIpc) is 2.93. The van der Waals surface area contributed by atoms with E-state index < -0.39 is 4.92 Å². The van der Waals surface area contributed by atoms with E-state index in [4.69, 9.17) is 0 Å². The van der Waals surface area contributed by atoms with Gasteiger partial charge in [0.25, 0.3) is 5.69 Å². The molecule has 0 radical (unpaired) electrons. The number of rotatable bonds is 6. The van der Waals surface area contributed by atoms with Gasteiger partial charge in [0.05, 0.1) is 17.2 Å². The van der Waals surface area contributed by atoms with Crippen molar-refractivity contribution in [3.8, 4) is 5.69 Å². The zero-order chi connectivity index (χ0) is 14.5. The van der Waals surface area contributed by atoms with Crippen LogP contribution in [0.2, 0.25) is 0 Å². The Bertz CT molecular complexity index is 593. The van der Waals surface area contributed by atoms with Gasteiger partial charge in [0.15, 0.2) is 5.82 Å². The Labute approximate surface area is 116 Å². The summed E-state index contributed by atoms with van der Waals surface area (Å²) in [6.45, 7) is 6.50. The second-order valence-corrected chi connectivity index (χ2v) is 4.25. The van der Waals surface area contributed by atoms with Crippen molar-refractivity contribution in [2.75, 3.05) is 13.1 Å². The van der Waals surface area contributed by atoms with Crippen LogP contribution in [0.5, 0.6) is 0 Å². The normalized spacial score (nSPS) is 10.9. The Hall–Kier alpha value is -2.35. The Morgan fingerprint density at radius 1 is 1.35 bits per heavy atom. The molecule has 1 aromatic carbocycles. The molecule has 0 saturated carbocycles. The first-order chi connectivity index (χ1) is 9.65. The fourth-order valence-electron chi connectivity index (χ4n) is 1.89. The molecular formula is C12H16N6O2. The molecule has 0 unspecified atom stereocenters. The fraction of sp³-hybridized carbons (Fsp3) is 0.417. The van der Waals surface area contributed by atoms with Crippen LogP contribution in [0.15, 0.2) is 24.3 Å². The average molecular weight is 276 g/mol. The van der Waals surface area contributed by atoms with Crippen molar-refractivity contribution in [1.29, 1.82) is 0 Å². The summed E-state index contributed by atoms with van der Waals surface area (Å²) in [5.41, 5.74) is 0.609. The van der Waals surface area contributed by atoms with Gasteiger partial charge in [-0.1, -0.05) is 19.9 Å². The van der Waals surface area contributed by atoms with Gasteiger partial charge in [0.1, 0.15) is 0 Å². The first-order valence-electron chi connectivity index (χ1n) is 6.40. The second-order valence-electron chi connectivity index (χ2n) is 4.25. The number of nitro benzene ring substituents is 1. The molecule has 0 aliphatic carbocycles. The van der Waals surface area contributed by atoms with Gasteiger partial charge in [0, 0.05) is 12.1 Å². The van der Waals surface area contributed by atoms with Gasteiger partial charge in [-0.2, -0.15) is 4.68 Å². The number of aromatic nitrogens is 4. The lowest BCUT2D eigenvalue weighted by Crippen LogP contribution is -2.24. The highest BCUT2D eigenvalue weighted by molar-refractivity contribution is 5.42. The first-order valence-corrected chi connectivity index (χ1v) is 6.40. The maximum atomic E-state index is 10.8. The molecule has 8 nitrogen and oxygen atoms in total. The number of hydrogen-bond donors (Lipinski definition) is 0. The lowest BCUT2D eigenvalue weighted by Gasteiger charge is -2.16. The highest BCUT2D eigenvalue weighted by atomic mass is 16.6. The van der Waals surface area contributed by atoms with E-state index in [9.17, 15) is 10.1 Å². The monoisotopic (exact) mass is 276 g/mol. The number of nitrogens with zero attached hydrogens (tertiary/aromatic N) is 6. The second kappa shape index (κ2) is 6.20. The third-order valence-electron chi connectivity index (χ3n) is 3.08. The molecule has 0 aliphatic rings. The summed E-state index contributed by atoms with van der Waals surface area (Å²) in [6.07, 6.45) is 0. The van der Waals surface area contributed by atoms with Crippen molar-refractivity contribution in [2.24, 2.45) is 0 Å². The summed E-state index contributed by atoms with van der Waals surface area (Å²) >= 11 is 0. The van der Waals surface area contributed by atoms with Gasteiger partial charge in [-0.3, -0.25) is 15.0 Å². The van der Waals surface area contributed by atoms with Crippen LogP contribution in [0, 0.1) is 10.1 Å². The predicted octanol–water partition coefficient (Wildman–Crippen LogP) is 1.41. The van der Waals surface area contributed by atoms with Gasteiger partial charge < -0.3 is 0 Å². The molecule has 0 amide bonds. The summed E-state index contributed by atoms with van der Waals surface area (Å²) in [4.78, 5) is 12.5. The molecule has 2 aromatic rings. The molecule has 0 fully saturated rings. The maximum absolute atomic E-state index is 10.8. The number of tetrazole rings is 1. The zero-order valence-corrected chi connectivity index (χ0v) is 11.4. The molecule has 0 spiro atoms.